The fourth-order valence-electron chi connectivity index (χ4n) is 2.19. The van der Waals surface area contributed by atoms with Gasteiger partial charge in [-0.25, -0.2) is 13.4 Å². The summed E-state index contributed by atoms with van der Waals surface area (Å²) in [6.07, 6.45) is 3.45. The molecule has 18 heavy (non-hydrogen) atoms. The molecule has 2 heterocycles. The van der Waals surface area contributed by atoms with Gasteiger partial charge in [0.1, 0.15) is 10.7 Å². The average Bonchev–Trinajstić information content (AvgIpc) is 2.39. The summed E-state index contributed by atoms with van der Waals surface area (Å²) in [4.78, 5) is 4.33. The largest absolute Gasteiger partial charge is 0.373 e. The standard InChI is InChI=1S/C12H19N3O2S/c1-10-4-3-7-15(9-10)18(16,17)11-5-6-12(13-2)14-8-11/h5-6,8,10H,3-4,7,9H2,1-2H3,(H,13,14). The Morgan fingerprint density at radius 2 is 2.22 bits per heavy atom. The lowest BCUT2D eigenvalue weighted by Gasteiger charge is -2.29. The van der Waals surface area contributed by atoms with Gasteiger partial charge in [-0.1, -0.05) is 6.92 Å². The van der Waals surface area contributed by atoms with Crippen molar-refractivity contribution in [1.29, 1.82) is 0 Å². The van der Waals surface area contributed by atoms with E-state index in [4.69, 9.17) is 0 Å². The molecule has 1 unspecified atom stereocenters. The van der Waals surface area contributed by atoms with E-state index in [1.165, 1.54) is 6.20 Å². The first-order valence-electron chi connectivity index (χ1n) is 6.18. The smallest absolute Gasteiger partial charge is 0.244 e. The first-order chi connectivity index (χ1) is 8.54. The van der Waals surface area contributed by atoms with Gasteiger partial charge < -0.3 is 5.32 Å². The fraction of sp³-hybridized carbons (Fsp3) is 0.583. The second-order valence-electron chi connectivity index (χ2n) is 4.74. The van der Waals surface area contributed by atoms with E-state index in [-0.39, 0.29) is 4.90 Å². The maximum Gasteiger partial charge on any atom is 0.244 e. The third-order valence-electron chi connectivity index (χ3n) is 3.25. The SMILES string of the molecule is CNc1ccc(S(=O)(=O)N2CCCC(C)C2)cn1. The highest BCUT2D eigenvalue weighted by atomic mass is 32.2. The monoisotopic (exact) mass is 269 g/mol. The van der Waals surface area contributed by atoms with Crippen LogP contribution < -0.4 is 5.32 Å². The maximum atomic E-state index is 12.4. The van der Waals surface area contributed by atoms with Gasteiger partial charge in [-0.3, -0.25) is 0 Å². The van der Waals surface area contributed by atoms with Gasteiger partial charge in [-0.15, -0.1) is 0 Å². The highest BCUT2D eigenvalue weighted by Crippen LogP contribution is 2.23. The molecule has 0 spiro atoms. The van der Waals surface area contributed by atoms with E-state index in [0.29, 0.717) is 24.8 Å². The molecule has 1 aromatic rings. The number of sulfonamides is 1. The fourth-order valence-corrected chi connectivity index (χ4v) is 3.74. The van der Waals surface area contributed by atoms with Gasteiger partial charge >= 0.3 is 0 Å². The van der Waals surface area contributed by atoms with Crippen LogP contribution in [0.2, 0.25) is 0 Å². The van der Waals surface area contributed by atoms with Crippen molar-refractivity contribution in [3.05, 3.63) is 18.3 Å². The van der Waals surface area contributed by atoms with Crippen LogP contribution in [0, 0.1) is 5.92 Å². The zero-order chi connectivity index (χ0) is 13.2. The van der Waals surface area contributed by atoms with E-state index in [1.54, 1.807) is 23.5 Å². The summed E-state index contributed by atoms with van der Waals surface area (Å²) in [6, 6.07) is 3.29. The molecule has 100 valence electrons. The minimum Gasteiger partial charge on any atom is -0.373 e. The maximum absolute atomic E-state index is 12.4. The molecule has 5 nitrogen and oxygen atoms in total. The molecule has 1 atom stereocenters. The summed E-state index contributed by atoms with van der Waals surface area (Å²) in [5.74, 6) is 1.10. The van der Waals surface area contributed by atoms with Gasteiger partial charge in [-0.05, 0) is 30.9 Å². The number of piperidine rings is 1. The highest BCUT2D eigenvalue weighted by molar-refractivity contribution is 7.89. The predicted molar refractivity (Wildman–Crippen MR) is 70.9 cm³/mol. The van der Waals surface area contributed by atoms with Crippen LogP contribution in [0.5, 0.6) is 0 Å². The second-order valence-corrected chi connectivity index (χ2v) is 6.68. The summed E-state index contributed by atoms with van der Waals surface area (Å²) in [5.41, 5.74) is 0. The Hall–Kier alpha value is -1.14. The number of aromatic nitrogens is 1. The Labute approximate surface area is 108 Å². The second kappa shape index (κ2) is 5.24. The van der Waals surface area contributed by atoms with Gasteiger partial charge in [0.2, 0.25) is 10.0 Å². The molecule has 2 rings (SSSR count). The molecule has 1 aliphatic rings. The molecule has 1 saturated heterocycles. The van der Waals surface area contributed by atoms with Crippen LogP contribution in [0.4, 0.5) is 5.82 Å². The number of pyridine rings is 1. The third kappa shape index (κ3) is 2.64. The molecule has 1 aromatic heterocycles. The minimum absolute atomic E-state index is 0.274. The summed E-state index contributed by atoms with van der Waals surface area (Å²) < 4.78 is 26.4. The van der Waals surface area contributed by atoms with Crippen LogP contribution in [-0.4, -0.2) is 37.8 Å². The Balaban J connectivity index is 2.23. The average molecular weight is 269 g/mol. The lowest BCUT2D eigenvalue weighted by molar-refractivity contribution is 0.281. The van der Waals surface area contributed by atoms with Crippen LogP contribution in [-0.2, 0) is 10.0 Å². The van der Waals surface area contributed by atoms with Crippen molar-refractivity contribution >= 4 is 15.8 Å². The van der Waals surface area contributed by atoms with Crippen LogP contribution in [0.1, 0.15) is 19.8 Å². The summed E-state index contributed by atoms with van der Waals surface area (Å²) in [5, 5.41) is 2.87. The number of anilines is 1. The van der Waals surface area contributed by atoms with Crippen molar-refractivity contribution in [2.45, 2.75) is 24.7 Å². The molecular weight excluding hydrogens is 250 g/mol. The van der Waals surface area contributed by atoms with E-state index in [9.17, 15) is 8.42 Å². The third-order valence-corrected chi connectivity index (χ3v) is 5.10. The Kier molecular flexibility index (Phi) is 3.87. The van der Waals surface area contributed by atoms with Crippen molar-refractivity contribution < 1.29 is 8.42 Å². The van der Waals surface area contributed by atoms with Gasteiger partial charge in [0.05, 0.1) is 0 Å². The van der Waals surface area contributed by atoms with Crippen molar-refractivity contribution in [2.24, 2.45) is 5.92 Å². The molecule has 0 aliphatic carbocycles. The zero-order valence-electron chi connectivity index (χ0n) is 10.8. The van der Waals surface area contributed by atoms with Crippen LogP contribution >= 0.6 is 0 Å². The molecular formula is C12H19N3O2S. The summed E-state index contributed by atoms with van der Waals surface area (Å²) in [7, 11) is -1.62. The normalized spacial score (nSPS) is 21.8. The number of nitrogens with zero attached hydrogens (tertiary/aromatic N) is 2. The Morgan fingerprint density at radius 1 is 1.44 bits per heavy atom. The molecule has 0 bridgehead atoms. The van der Waals surface area contributed by atoms with Crippen LogP contribution in [0.25, 0.3) is 0 Å². The van der Waals surface area contributed by atoms with Gasteiger partial charge in [0.25, 0.3) is 0 Å². The highest BCUT2D eigenvalue weighted by Gasteiger charge is 2.28. The topological polar surface area (TPSA) is 62.3 Å². The first kappa shape index (κ1) is 13.3. The molecule has 6 heteroatoms. The summed E-state index contributed by atoms with van der Waals surface area (Å²) in [6.45, 7) is 3.31. The molecule has 0 saturated carbocycles. The molecule has 0 aromatic carbocycles. The van der Waals surface area contributed by atoms with Gasteiger partial charge in [0, 0.05) is 26.3 Å². The van der Waals surface area contributed by atoms with E-state index in [1.807, 2.05) is 0 Å². The van der Waals surface area contributed by atoms with E-state index in [0.717, 1.165) is 12.8 Å². The molecule has 1 N–H and O–H groups in total. The number of hydrogen-bond donors (Lipinski definition) is 1. The van der Waals surface area contributed by atoms with E-state index in [2.05, 4.69) is 17.2 Å². The minimum atomic E-state index is -3.38. The van der Waals surface area contributed by atoms with Crippen LogP contribution in [0.15, 0.2) is 23.2 Å². The summed E-state index contributed by atoms with van der Waals surface area (Å²) >= 11 is 0. The lowest BCUT2D eigenvalue weighted by atomic mass is 10.0. The first-order valence-corrected chi connectivity index (χ1v) is 7.62. The van der Waals surface area contributed by atoms with E-state index >= 15 is 0 Å². The van der Waals surface area contributed by atoms with Crippen molar-refractivity contribution in [3.8, 4) is 0 Å². The quantitative estimate of drug-likeness (QED) is 0.904. The molecule has 1 fully saturated rings. The number of hydrogen-bond acceptors (Lipinski definition) is 4. The van der Waals surface area contributed by atoms with Gasteiger partial charge in [0.15, 0.2) is 0 Å². The zero-order valence-corrected chi connectivity index (χ0v) is 11.6. The number of nitrogens with one attached hydrogen (secondary N) is 1. The van der Waals surface area contributed by atoms with Crippen molar-refractivity contribution in [3.63, 3.8) is 0 Å². The van der Waals surface area contributed by atoms with Crippen molar-refractivity contribution in [2.75, 3.05) is 25.5 Å². The molecule has 1 aliphatic heterocycles. The van der Waals surface area contributed by atoms with E-state index < -0.39 is 10.0 Å². The lowest BCUT2D eigenvalue weighted by Crippen LogP contribution is -2.39. The Bertz CT molecular complexity index is 499. The van der Waals surface area contributed by atoms with Gasteiger partial charge in [-0.2, -0.15) is 4.31 Å². The molecule has 0 amide bonds. The Morgan fingerprint density at radius 3 is 2.78 bits per heavy atom. The number of rotatable bonds is 3. The molecule has 0 radical (unpaired) electrons. The van der Waals surface area contributed by atoms with Crippen LogP contribution in [0.3, 0.4) is 0 Å². The predicted octanol–water partition coefficient (Wildman–Crippen LogP) is 1.54. The van der Waals surface area contributed by atoms with Crippen molar-refractivity contribution in [1.82, 2.24) is 9.29 Å².